The molecule has 134 valence electrons. The maximum Gasteiger partial charge on any atom is 0.224 e. The molecule has 0 saturated carbocycles. The van der Waals surface area contributed by atoms with Crippen molar-refractivity contribution < 1.29 is 9.59 Å². The van der Waals surface area contributed by atoms with Crippen molar-refractivity contribution in [2.75, 3.05) is 32.7 Å². The second-order valence-electron chi connectivity index (χ2n) is 7.57. The summed E-state index contributed by atoms with van der Waals surface area (Å²) < 4.78 is 0. The number of carbonyl (C=O) groups excluding carboxylic acids is 2. The predicted molar refractivity (Wildman–Crippen MR) is 95.8 cm³/mol. The van der Waals surface area contributed by atoms with Crippen molar-refractivity contribution in [3.05, 3.63) is 35.9 Å². The van der Waals surface area contributed by atoms with E-state index >= 15 is 0 Å². The summed E-state index contributed by atoms with van der Waals surface area (Å²) in [6, 6.07) is 10.6. The lowest BCUT2D eigenvalue weighted by Crippen LogP contribution is -2.40. The van der Waals surface area contributed by atoms with E-state index in [0.717, 1.165) is 39.0 Å². The molecule has 5 nitrogen and oxygen atoms in total. The highest BCUT2D eigenvalue weighted by Crippen LogP contribution is 2.42. The van der Waals surface area contributed by atoms with Crippen LogP contribution in [0.1, 0.15) is 37.3 Å². The normalized spacial score (nSPS) is 29.1. The second-order valence-corrected chi connectivity index (χ2v) is 7.57. The van der Waals surface area contributed by atoms with Crippen molar-refractivity contribution >= 4 is 11.8 Å². The fraction of sp³-hybridized carbons (Fsp3) is 0.600. The van der Waals surface area contributed by atoms with E-state index < -0.39 is 0 Å². The number of rotatable bonds is 4. The van der Waals surface area contributed by atoms with E-state index in [-0.39, 0.29) is 17.9 Å². The smallest absolute Gasteiger partial charge is 0.224 e. The minimum absolute atomic E-state index is 0.172. The molecule has 3 saturated heterocycles. The third-order valence-electron chi connectivity index (χ3n) is 6.04. The van der Waals surface area contributed by atoms with Crippen molar-refractivity contribution in [1.82, 2.24) is 15.1 Å². The summed E-state index contributed by atoms with van der Waals surface area (Å²) in [6.07, 6.45) is 3.14. The topological polar surface area (TPSA) is 52.7 Å². The predicted octanol–water partition coefficient (Wildman–Crippen LogP) is 1.81. The van der Waals surface area contributed by atoms with E-state index in [9.17, 15) is 9.59 Å². The van der Waals surface area contributed by atoms with Crippen LogP contribution in [0.3, 0.4) is 0 Å². The van der Waals surface area contributed by atoms with Gasteiger partial charge in [-0.1, -0.05) is 30.3 Å². The van der Waals surface area contributed by atoms with Crippen LogP contribution in [-0.4, -0.2) is 54.3 Å². The van der Waals surface area contributed by atoms with Gasteiger partial charge in [-0.25, -0.2) is 0 Å². The number of likely N-dealkylation sites (tertiary alicyclic amines) is 2. The first-order valence-electron chi connectivity index (χ1n) is 9.57. The summed E-state index contributed by atoms with van der Waals surface area (Å²) in [5.74, 6) is 1.46. The van der Waals surface area contributed by atoms with E-state index in [1.165, 1.54) is 5.56 Å². The molecule has 0 unspecified atom stereocenters. The molecule has 2 amide bonds. The molecule has 0 radical (unpaired) electrons. The number of hydrogen-bond donors (Lipinski definition) is 1. The molecule has 0 aromatic heterocycles. The standard InChI is InChI=1S/C20H27N3O2/c24-18-8-4-5-10-22(18)11-9-19(25)23-14-16-12-21-13-17(16)20(23)15-6-2-1-3-7-15/h1-3,6-7,16-17,20-21H,4-5,8-14H2/t16-,17-,20+/m0/s1. The van der Waals surface area contributed by atoms with Gasteiger partial charge in [-0.2, -0.15) is 0 Å². The molecule has 1 N–H and O–H groups in total. The van der Waals surface area contributed by atoms with Crippen LogP contribution in [0.5, 0.6) is 0 Å². The van der Waals surface area contributed by atoms with Crippen LogP contribution in [0.4, 0.5) is 0 Å². The van der Waals surface area contributed by atoms with Crippen molar-refractivity contribution in [3.8, 4) is 0 Å². The van der Waals surface area contributed by atoms with Crippen LogP contribution in [0, 0.1) is 11.8 Å². The van der Waals surface area contributed by atoms with Crippen molar-refractivity contribution in [1.29, 1.82) is 0 Å². The molecular weight excluding hydrogens is 314 g/mol. The van der Waals surface area contributed by atoms with Gasteiger partial charge in [0.1, 0.15) is 0 Å². The number of benzene rings is 1. The molecule has 5 heteroatoms. The monoisotopic (exact) mass is 341 g/mol. The zero-order valence-corrected chi connectivity index (χ0v) is 14.7. The Hall–Kier alpha value is -1.88. The molecule has 1 aromatic carbocycles. The molecule has 0 aliphatic carbocycles. The highest BCUT2D eigenvalue weighted by molar-refractivity contribution is 5.80. The molecule has 3 aliphatic rings. The number of carbonyl (C=O) groups is 2. The molecular formula is C20H27N3O2. The quantitative estimate of drug-likeness (QED) is 0.909. The first-order valence-corrected chi connectivity index (χ1v) is 9.57. The Bertz CT molecular complexity index is 633. The van der Waals surface area contributed by atoms with E-state index in [1.807, 2.05) is 11.0 Å². The number of amides is 2. The molecule has 4 rings (SSSR count). The number of nitrogens with zero attached hydrogens (tertiary/aromatic N) is 2. The fourth-order valence-corrected chi connectivity index (χ4v) is 4.73. The Balaban J connectivity index is 1.46. The van der Waals surface area contributed by atoms with Crippen LogP contribution in [0.25, 0.3) is 0 Å². The number of fused-ring (bicyclic) bond motifs is 1. The average molecular weight is 341 g/mol. The second kappa shape index (κ2) is 7.16. The number of hydrogen-bond acceptors (Lipinski definition) is 3. The van der Waals surface area contributed by atoms with Gasteiger partial charge in [0, 0.05) is 51.5 Å². The van der Waals surface area contributed by atoms with Gasteiger partial charge in [0.15, 0.2) is 0 Å². The van der Waals surface area contributed by atoms with Crippen LogP contribution in [0.2, 0.25) is 0 Å². The van der Waals surface area contributed by atoms with E-state index in [1.54, 1.807) is 0 Å². The van der Waals surface area contributed by atoms with E-state index in [2.05, 4.69) is 34.5 Å². The minimum atomic E-state index is 0.172. The summed E-state index contributed by atoms with van der Waals surface area (Å²) >= 11 is 0. The van der Waals surface area contributed by atoms with Crippen molar-refractivity contribution in [3.63, 3.8) is 0 Å². The summed E-state index contributed by atoms with van der Waals surface area (Å²) in [6.45, 7) is 4.21. The van der Waals surface area contributed by atoms with Gasteiger partial charge in [-0.15, -0.1) is 0 Å². The van der Waals surface area contributed by atoms with Crippen LogP contribution in [0.15, 0.2) is 30.3 Å². The van der Waals surface area contributed by atoms with Gasteiger partial charge in [-0.3, -0.25) is 9.59 Å². The molecule has 3 heterocycles. The third-order valence-corrected chi connectivity index (χ3v) is 6.04. The number of piperidine rings is 1. The third kappa shape index (κ3) is 3.30. The largest absolute Gasteiger partial charge is 0.342 e. The Morgan fingerprint density at radius 2 is 2.00 bits per heavy atom. The molecule has 1 aromatic rings. The van der Waals surface area contributed by atoms with Gasteiger partial charge < -0.3 is 15.1 Å². The lowest BCUT2D eigenvalue weighted by atomic mass is 9.89. The summed E-state index contributed by atoms with van der Waals surface area (Å²) in [7, 11) is 0. The van der Waals surface area contributed by atoms with Crippen molar-refractivity contribution in [2.24, 2.45) is 11.8 Å². The zero-order valence-electron chi connectivity index (χ0n) is 14.7. The van der Waals surface area contributed by atoms with Gasteiger partial charge >= 0.3 is 0 Å². The first kappa shape index (κ1) is 16.6. The van der Waals surface area contributed by atoms with Crippen molar-refractivity contribution in [2.45, 2.75) is 31.7 Å². The van der Waals surface area contributed by atoms with Gasteiger partial charge in [0.05, 0.1) is 6.04 Å². The Kier molecular flexibility index (Phi) is 4.75. The minimum Gasteiger partial charge on any atom is -0.342 e. The Labute approximate surface area is 149 Å². The Morgan fingerprint density at radius 3 is 2.80 bits per heavy atom. The Morgan fingerprint density at radius 1 is 1.16 bits per heavy atom. The van der Waals surface area contributed by atoms with E-state index in [0.29, 0.717) is 31.2 Å². The summed E-state index contributed by atoms with van der Waals surface area (Å²) in [4.78, 5) is 28.9. The summed E-state index contributed by atoms with van der Waals surface area (Å²) in [5, 5.41) is 3.48. The maximum absolute atomic E-state index is 13.0. The lowest BCUT2D eigenvalue weighted by Gasteiger charge is -2.30. The average Bonchev–Trinajstić information content (AvgIpc) is 3.22. The molecule has 0 bridgehead atoms. The van der Waals surface area contributed by atoms with E-state index in [4.69, 9.17) is 0 Å². The lowest BCUT2D eigenvalue weighted by molar-refractivity contribution is -0.136. The van der Waals surface area contributed by atoms with Crippen LogP contribution in [-0.2, 0) is 9.59 Å². The number of nitrogens with one attached hydrogen (secondary N) is 1. The first-order chi connectivity index (χ1) is 12.2. The molecule has 3 fully saturated rings. The summed E-state index contributed by atoms with van der Waals surface area (Å²) in [5.41, 5.74) is 1.24. The molecule has 3 aliphatic heterocycles. The zero-order chi connectivity index (χ0) is 17.2. The van der Waals surface area contributed by atoms with Crippen LogP contribution < -0.4 is 5.32 Å². The fourth-order valence-electron chi connectivity index (χ4n) is 4.73. The SMILES string of the molecule is O=C1CCCCN1CCC(=O)N1C[C@@H]2CNC[C@@H]2[C@H]1c1ccccc1. The highest BCUT2D eigenvalue weighted by Gasteiger charge is 2.46. The molecule has 3 atom stereocenters. The van der Waals surface area contributed by atoms with Crippen LogP contribution >= 0.6 is 0 Å². The molecule has 0 spiro atoms. The van der Waals surface area contributed by atoms with Gasteiger partial charge in [0.2, 0.25) is 11.8 Å². The maximum atomic E-state index is 13.0. The highest BCUT2D eigenvalue weighted by atomic mass is 16.2. The molecule has 25 heavy (non-hydrogen) atoms. The van der Waals surface area contributed by atoms with Gasteiger partial charge in [0.25, 0.3) is 0 Å². The van der Waals surface area contributed by atoms with Gasteiger partial charge in [-0.05, 0) is 24.3 Å².